The van der Waals surface area contributed by atoms with Crippen LogP contribution in [0.1, 0.15) is 36.9 Å². The largest absolute Gasteiger partial charge is 0.433 e. The van der Waals surface area contributed by atoms with Crippen LogP contribution in [0.3, 0.4) is 0 Å². The van der Waals surface area contributed by atoms with Crippen molar-refractivity contribution in [3.8, 4) is 11.3 Å². The van der Waals surface area contributed by atoms with Gasteiger partial charge in [0.1, 0.15) is 17.7 Å². The van der Waals surface area contributed by atoms with Crippen LogP contribution in [-0.2, 0) is 6.18 Å². The zero-order valence-corrected chi connectivity index (χ0v) is 14.4. The molecule has 1 saturated carbocycles. The highest BCUT2D eigenvalue weighted by atomic mass is 32.2. The van der Waals surface area contributed by atoms with Crippen molar-refractivity contribution in [3.05, 3.63) is 48.0 Å². The smallest absolute Gasteiger partial charge is 0.290 e. The topological polar surface area (TPSA) is 30.2 Å². The minimum absolute atomic E-state index is 0.246. The number of nitrogens with zero attached hydrogens (tertiary/aromatic N) is 3. The van der Waals surface area contributed by atoms with Crippen LogP contribution in [0.25, 0.3) is 16.9 Å². The van der Waals surface area contributed by atoms with Crippen molar-refractivity contribution < 1.29 is 13.2 Å². The molecule has 0 unspecified atom stereocenters. The first-order valence-corrected chi connectivity index (χ1v) is 9.13. The molecule has 1 aliphatic carbocycles. The van der Waals surface area contributed by atoms with Gasteiger partial charge in [-0.25, -0.2) is 9.97 Å². The average molecular weight is 363 g/mol. The van der Waals surface area contributed by atoms with Gasteiger partial charge in [-0.05, 0) is 36.1 Å². The number of rotatable bonds is 4. The summed E-state index contributed by atoms with van der Waals surface area (Å²) < 4.78 is 40.0. The van der Waals surface area contributed by atoms with E-state index in [-0.39, 0.29) is 5.65 Å². The fraction of sp³-hybridized carbons (Fsp3) is 0.333. The molecular weight excluding hydrogens is 347 g/mol. The number of aromatic nitrogens is 3. The maximum Gasteiger partial charge on any atom is 0.433 e. The number of halogens is 3. The lowest BCUT2D eigenvalue weighted by atomic mass is 10.1. The molecule has 1 aromatic carbocycles. The summed E-state index contributed by atoms with van der Waals surface area (Å²) in [6.07, 6.45) is 0.892. The fourth-order valence-electron chi connectivity index (χ4n) is 2.87. The molecule has 0 saturated heterocycles. The molecule has 130 valence electrons. The standard InChI is InChI=1S/C18H16F3N3S/c1-2-25-15-7-12(11-3-4-11)5-6-13(15)14-9-24-10-22-16(18(19,20)21)8-17(24)23-14/h5-11H,2-4H2,1H3. The van der Waals surface area contributed by atoms with Gasteiger partial charge in [-0.2, -0.15) is 13.2 Å². The van der Waals surface area contributed by atoms with Crippen molar-refractivity contribution in [1.29, 1.82) is 0 Å². The van der Waals surface area contributed by atoms with Gasteiger partial charge >= 0.3 is 6.18 Å². The maximum atomic E-state index is 12.8. The van der Waals surface area contributed by atoms with E-state index in [4.69, 9.17) is 0 Å². The molecule has 25 heavy (non-hydrogen) atoms. The molecule has 0 bridgehead atoms. The van der Waals surface area contributed by atoms with Crippen LogP contribution in [0.5, 0.6) is 0 Å². The molecule has 4 rings (SSSR count). The van der Waals surface area contributed by atoms with E-state index < -0.39 is 11.9 Å². The molecule has 0 spiro atoms. The van der Waals surface area contributed by atoms with Gasteiger partial charge in [0.2, 0.25) is 0 Å². The second kappa shape index (κ2) is 6.05. The molecule has 0 N–H and O–H groups in total. The SMILES string of the molecule is CCSc1cc(C2CC2)ccc1-c1cn2cnc(C(F)(F)F)cc2n1. The highest BCUT2D eigenvalue weighted by Crippen LogP contribution is 2.43. The summed E-state index contributed by atoms with van der Waals surface area (Å²) in [5, 5.41) is 0. The Balaban J connectivity index is 1.78. The Morgan fingerprint density at radius 3 is 2.72 bits per heavy atom. The zero-order chi connectivity index (χ0) is 17.6. The molecule has 1 fully saturated rings. The third-order valence-corrected chi connectivity index (χ3v) is 5.21. The van der Waals surface area contributed by atoms with Crippen molar-refractivity contribution in [3.63, 3.8) is 0 Å². The van der Waals surface area contributed by atoms with Gasteiger partial charge in [0, 0.05) is 22.7 Å². The van der Waals surface area contributed by atoms with Crippen LogP contribution in [0.15, 0.2) is 41.7 Å². The minimum atomic E-state index is -4.47. The molecule has 2 heterocycles. The third kappa shape index (κ3) is 3.25. The highest BCUT2D eigenvalue weighted by molar-refractivity contribution is 7.99. The Kier molecular flexibility index (Phi) is 3.98. The van der Waals surface area contributed by atoms with Gasteiger partial charge in [-0.15, -0.1) is 11.8 Å². The van der Waals surface area contributed by atoms with E-state index in [9.17, 15) is 13.2 Å². The van der Waals surface area contributed by atoms with Gasteiger partial charge in [0.05, 0.1) is 5.69 Å². The van der Waals surface area contributed by atoms with Crippen molar-refractivity contribution in [2.75, 3.05) is 5.75 Å². The lowest BCUT2D eigenvalue weighted by Crippen LogP contribution is -2.08. The van der Waals surface area contributed by atoms with Crippen molar-refractivity contribution in [2.45, 2.75) is 36.8 Å². The monoisotopic (exact) mass is 363 g/mol. The minimum Gasteiger partial charge on any atom is -0.290 e. The van der Waals surface area contributed by atoms with Crippen LogP contribution in [-0.4, -0.2) is 20.1 Å². The van der Waals surface area contributed by atoms with Crippen LogP contribution in [0, 0.1) is 0 Å². The van der Waals surface area contributed by atoms with E-state index in [1.54, 1.807) is 18.0 Å². The summed E-state index contributed by atoms with van der Waals surface area (Å²) in [5.74, 6) is 1.58. The molecule has 0 amide bonds. The number of fused-ring (bicyclic) bond motifs is 1. The Hall–Kier alpha value is -2.02. The fourth-order valence-corrected chi connectivity index (χ4v) is 3.73. The lowest BCUT2D eigenvalue weighted by Gasteiger charge is -2.08. The van der Waals surface area contributed by atoms with E-state index >= 15 is 0 Å². The van der Waals surface area contributed by atoms with Crippen molar-refractivity contribution >= 4 is 17.4 Å². The van der Waals surface area contributed by atoms with Crippen LogP contribution < -0.4 is 0 Å². The second-order valence-electron chi connectivity index (χ2n) is 6.13. The Morgan fingerprint density at radius 2 is 2.04 bits per heavy atom. The van der Waals surface area contributed by atoms with E-state index in [1.165, 1.54) is 29.1 Å². The van der Waals surface area contributed by atoms with E-state index in [2.05, 4.69) is 29.0 Å². The maximum absolute atomic E-state index is 12.8. The average Bonchev–Trinajstić information content (AvgIpc) is 3.33. The van der Waals surface area contributed by atoms with Crippen LogP contribution in [0.2, 0.25) is 0 Å². The normalized spacial score (nSPS) is 15.0. The number of benzene rings is 1. The van der Waals surface area contributed by atoms with E-state index in [0.717, 1.165) is 22.3 Å². The predicted octanol–water partition coefficient (Wildman–Crippen LogP) is 5.40. The number of hydrogen-bond acceptors (Lipinski definition) is 3. The van der Waals surface area contributed by atoms with Gasteiger partial charge in [-0.1, -0.05) is 19.1 Å². The highest BCUT2D eigenvalue weighted by Gasteiger charge is 2.33. The number of imidazole rings is 1. The van der Waals surface area contributed by atoms with Gasteiger partial charge in [-0.3, -0.25) is 4.40 Å². The summed E-state index contributed by atoms with van der Waals surface area (Å²) in [6, 6.07) is 7.32. The lowest BCUT2D eigenvalue weighted by molar-refractivity contribution is -0.141. The second-order valence-corrected chi connectivity index (χ2v) is 7.43. The van der Waals surface area contributed by atoms with Crippen LogP contribution in [0.4, 0.5) is 13.2 Å². The van der Waals surface area contributed by atoms with E-state index in [1.807, 2.05) is 6.07 Å². The summed E-state index contributed by atoms with van der Waals surface area (Å²) in [5.41, 5.74) is 2.28. The predicted molar refractivity (Wildman–Crippen MR) is 91.8 cm³/mol. The molecule has 7 heteroatoms. The van der Waals surface area contributed by atoms with E-state index in [0.29, 0.717) is 11.6 Å². The molecular formula is C18H16F3N3S. The van der Waals surface area contributed by atoms with Gasteiger partial charge in [0.15, 0.2) is 0 Å². The molecule has 3 aromatic rings. The quantitative estimate of drug-likeness (QED) is 0.581. The Morgan fingerprint density at radius 1 is 1.24 bits per heavy atom. The molecule has 0 radical (unpaired) electrons. The summed E-state index contributed by atoms with van der Waals surface area (Å²) >= 11 is 1.73. The molecule has 1 aliphatic rings. The number of thioether (sulfide) groups is 1. The Labute approximate surface area is 147 Å². The molecule has 2 aromatic heterocycles. The van der Waals surface area contributed by atoms with Crippen LogP contribution >= 0.6 is 11.8 Å². The first-order chi connectivity index (χ1) is 12.0. The summed E-state index contributed by atoms with van der Waals surface area (Å²) in [4.78, 5) is 9.01. The first kappa shape index (κ1) is 16.4. The number of alkyl halides is 3. The number of hydrogen-bond donors (Lipinski definition) is 0. The molecule has 3 nitrogen and oxygen atoms in total. The molecule has 0 aliphatic heterocycles. The summed E-state index contributed by atoms with van der Waals surface area (Å²) in [6.45, 7) is 2.08. The third-order valence-electron chi connectivity index (χ3n) is 4.27. The molecule has 0 atom stereocenters. The first-order valence-electron chi connectivity index (χ1n) is 8.15. The van der Waals surface area contributed by atoms with Crippen molar-refractivity contribution in [1.82, 2.24) is 14.4 Å². The zero-order valence-electron chi connectivity index (χ0n) is 13.5. The van der Waals surface area contributed by atoms with Crippen molar-refractivity contribution in [2.24, 2.45) is 0 Å². The van der Waals surface area contributed by atoms with Gasteiger partial charge in [0.25, 0.3) is 0 Å². The Bertz CT molecular complexity index is 929. The summed E-state index contributed by atoms with van der Waals surface area (Å²) in [7, 11) is 0. The van der Waals surface area contributed by atoms with Gasteiger partial charge < -0.3 is 0 Å².